The molecular weight excluding hydrogens is 278 g/mol. The molecule has 1 heterocycles. The SMILES string of the molecule is CCOC(=O)Oc1ccc(NC(=O)Nc2ncn[nH]2)cc1. The Morgan fingerprint density at radius 2 is 2.00 bits per heavy atom. The van der Waals surface area contributed by atoms with E-state index >= 15 is 0 Å². The molecule has 3 N–H and O–H groups in total. The molecule has 0 saturated carbocycles. The van der Waals surface area contributed by atoms with E-state index in [-0.39, 0.29) is 12.6 Å². The highest BCUT2D eigenvalue weighted by Gasteiger charge is 2.07. The number of urea groups is 1. The predicted molar refractivity (Wildman–Crippen MR) is 73.1 cm³/mol. The van der Waals surface area contributed by atoms with Gasteiger partial charge in [-0.05, 0) is 31.2 Å². The van der Waals surface area contributed by atoms with E-state index in [0.717, 1.165) is 0 Å². The number of H-pyrrole nitrogens is 1. The Balaban J connectivity index is 1.87. The fourth-order valence-corrected chi connectivity index (χ4v) is 1.39. The van der Waals surface area contributed by atoms with Crippen LogP contribution in [0.3, 0.4) is 0 Å². The van der Waals surface area contributed by atoms with Crippen molar-refractivity contribution in [3.63, 3.8) is 0 Å². The van der Waals surface area contributed by atoms with E-state index in [1.54, 1.807) is 19.1 Å². The zero-order valence-corrected chi connectivity index (χ0v) is 11.1. The summed E-state index contributed by atoms with van der Waals surface area (Å²) in [7, 11) is 0. The third kappa shape index (κ3) is 4.49. The second-order valence-electron chi connectivity index (χ2n) is 3.72. The molecule has 0 saturated heterocycles. The van der Waals surface area contributed by atoms with Gasteiger partial charge in [0.25, 0.3) is 0 Å². The normalized spacial score (nSPS) is 9.76. The van der Waals surface area contributed by atoms with Crippen molar-refractivity contribution in [3.05, 3.63) is 30.6 Å². The molecule has 0 aliphatic heterocycles. The van der Waals surface area contributed by atoms with Gasteiger partial charge in [-0.2, -0.15) is 10.1 Å². The van der Waals surface area contributed by atoms with Crippen LogP contribution in [0.15, 0.2) is 30.6 Å². The standard InChI is InChI=1S/C12H13N5O4/c1-2-20-12(19)21-9-5-3-8(4-6-9)15-11(18)16-10-13-7-14-17-10/h3-7H,2H2,1H3,(H3,13,14,15,16,17,18). The van der Waals surface area contributed by atoms with Crippen LogP contribution in [0.5, 0.6) is 5.75 Å². The van der Waals surface area contributed by atoms with Gasteiger partial charge in [0.05, 0.1) is 6.61 Å². The summed E-state index contributed by atoms with van der Waals surface area (Å²) in [6.45, 7) is 1.92. The molecule has 9 nitrogen and oxygen atoms in total. The van der Waals surface area contributed by atoms with Crippen molar-refractivity contribution in [2.45, 2.75) is 6.92 Å². The van der Waals surface area contributed by atoms with Crippen LogP contribution in [0.2, 0.25) is 0 Å². The highest BCUT2D eigenvalue weighted by atomic mass is 16.7. The van der Waals surface area contributed by atoms with E-state index < -0.39 is 12.2 Å². The minimum atomic E-state index is -0.777. The lowest BCUT2D eigenvalue weighted by atomic mass is 10.3. The molecule has 0 radical (unpaired) electrons. The van der Waals surface area contributed by atoms with Gasteiger partial charge in [-0.1, -0.05) is 0 Å². The Hall–Kier alpha value is -3.10. The Morgan fingerprint density at radius 3 is 2.62 bits per heavy atom. The maximum absolute atomic E-state index is 11.6. The first-order valence-corrected chi connectivity index (χ1v) is 6.05. The molecular formula is C12H13N5O4. The second-order valence-corrected chi connectivity index (χ2v) is 3.72. The molecule has 9 heteroatoms. The van der Waals surface area contributed by atoms with Crippen molar-refractivity contribution in [2.75, 3.05) is 17.2 Å². The monoisotopic (exact) mass is 291 g/mol. The fourth-order valence-electron chi connectivity index (χ4n) is 1.39. The lowest BCUT2D eigenvalue weighted by molar-refractivity contribution is 0.104. The highest BCUT2D eigenvalue weighted by Crippen LogP contribution is 2.16. The maximum Gasteiger partial charge on any atom is 0.513 e. The molecule has 1 aromatic heterocycles. The molecule has 0 bridgehead atoms. The van der Waals surface area contributed by atoms with Crippen molar-refractivity contribution in [3.8, 4) is 5.75 Å². The zero-order valence-electron chi connectivity index (χ0n) is 11.1. The first-order chi connectivity index (χ1) is 10.2. The minimum Gasteiger partial charge on any atom is -0.434 e. The summed E-state index contributed by atoms with van der Waals surface area (Å²) in [4.78, 5) is 26.5. The number of benzene rings is 1. The van der Waals surface area contributed by atoms with Gasteiger partial charge in [0.2, 0.25) is 5.95 Å². The number of ether oxygens (including phenoxy) is 2. The number of anilines is 2. The molecule has 21 heavy (non-hydrogen) atoms. The van der Waals surface area contributed by atoms with Crippen molar-refractivity contribution < 1.29 is 19.1 Å². The first-order valence-electron chi connectivity index (χ1n) is 6.05. The van der Waals surface area contributed by atoms with Gasteiger partial charge < -0.3 is 14.8 Å². The topological polar surface area (TPSA) is 118 Å². The van der Waals surface area contributed by atoms with Crippen molar-refractivity contribution in [1.29, 1.82) is 0 Å². The van der Waals surface area contributed by atoms with Gasteiger partial charge >= 0.3 is 12.2 Å². The van der Waals surface area contributed by atoms with Gasteiger partial charge in [-0.15, -0.1) is 0 Å². The summed E-state index contributed by atoms with van der Waals surface area (Å²) in [5, 5.41) is 11.1. The maximum atomic E-state index is 11.6. The van der Waals surface area contributed by atoms with Gasteiger partial charge in [0.1, 0.15) is 12.1 Å². The summed E-state index contributed by atoms with van der Waals surface area (Å²) in [5.74, 6) is 0.546. The van der Waals surface area contributed by atoms with E-state index in [1.807, 2.05) is 0 Å². The molecule has 110 valence electrons. The van der Waals surface area contributed by atoms with E-state index in [2.05, 4.69) is 30.6 Å². The third-order valence-corrected chi connectivity index (χ3v) is 2.22. The van der Waals surface area contributed by atoms with Crippen LogP contribution in [-0.4, -0.2) is 34.0 Å². The number of rotatable bonds is 4. The number of carbonyl (C=O) groups is 2. The Labute approximate surface area is 119 Å². The molecule has 0 aliphatic carbocycles. The molecule has 0 atom stereocenters. The molecule has 0 unspecified atom stereocenters. The summed E-state index contributed by atoms with van der Waals surface area (Å²) in [6.07, 6.45) is 0.498. The van der Waals surface area contributed by atoms with Crippen LogP contribution >= 0.6 is 0 Å². The van der Waals surface area contributed by atoms with E-state index in [1.165, 1.54) is 18.5 Å². The quantitative estimate of drug-likeness (QED) is 0.585. The van der Waals surface area contributed by atoms with Crippen LogP contribution in [-0.2, 0) is 4.74 Å². The molecule has 2 aromatic rings. The van der Waals surface area contributed by atoms with Crippen LogP contribution in [0, 0.1) is 0 Å². The Morgan fingerprint density at radius 1 is 1.24 bits per heavy atom. The number of carbonyl (C=O) groups excluding carboxylic acids is 2. The number of amides is 2. The van der Waals surface area contributed by atoms with E-state index in [4.69, 9.17) is 4.74 Å². The number of aromatic nitrogens is 3. The molecule has 0 spiro atoms. The van der Waals surface area contributed by atoms with Gasteiger partial charge in [0, 0.05) is 5.69 Å². The number of aromatic amines is 1. The predicted octanol–water partition coefficient (Wildman–Crippen LogP) is 1.98. The van der Waals surface area contributed by atoms with Crippen molar-refractivity contribution in [2.24, 2.45) is 0 Å². The van der Waals surface area contributed by atoms with E-state index in [9.17, 15) is 9.59 Å². The van der Waals surface area contributed by atoms with Crippen LogP contribution in [0.1, 0.15) is 6.92 Å². The van der Waals surface area contributed by atoms with Crippen molar-refractivity contribution >= 4 is 23.8 Å². The van der Waals surface area contributed by atoms with Gasteiger partial charge in [0.15, 0.2) is 0 Å². The molecule has 2 amide bonds. The zero-order chi connectivity index (χ0) is 15.1. The number of nitrogens with one attached hydrogen (secondary N) is 3. The first kappa shape index (κ1) is 14.3. The molecule has 2 rings (SSSR count). The average Bonchev–Trinajstić information content (AvgIpc) is 2.94. The lowest BCUT2D eigenvalue weighted by Crippen LogP contribution is -2.20. The largest absolute Gasteiger partial charge is 0.513 e. The molecule has 0 aliphatic rings. The third-order valence-electron chi connectivity index (χ3n) is 2.22. The van der Waals surface area contributed by atoms with Crippen LogP contribution in [0.25, 0.3) is 0 Å². The fraction of sp³-hybridized carbons (Fsp3) is 0.167. The number of nitrogens with zero attached hydrogens (tertiary/aromatic N) is 2. The summed E-state index contributed by atoms with van der Waals surface area (Å²) >= 11 is 0. The van der Waals surface area contributed by atoms with Crippen LogP contribution in [0.4, 0.5) is 21.2 Å². The molecule has 1 aromatic carbocycles. The highest BCUT2D eigenvalue weighted by molar-refractivity contribution is 5.98. The Bertz CT molecular complexity index is 597. The van der Waals surface area contributed by atoms with E-state index in [0.29, 0.717) is 11.4 Å². The lowest BCUT2D eigenvalue weighted by Gasteiger charge is -2.07. The smallest absolute Gasteiger partial charge is 0.434 e. The Kier molecular flexibility index (Phi) is 4.70. The average molecular weight is 291 g/mol. The van der Waals surface area contributed by atoms with Crippen molar-refractivity contribution in [1.82, 2.24) is 15.2 Å². The van der Waals surface area contributed by atoms with Gasteiger partial charge in [-0.25, -0.2) is 14.7 Å². The second kappa shape index (κ2) is 6.89. The summed E-state index contributed by atoms with van der Waals surface area (Å²) < 4.78 is 9.53. The molecule has 0 fully saturated rings. The summed E-state index contributed by atoms with van der Waals surface area (Å²) in [5.41, 5.74) is 0.517. The number of hydrogen-bond donors (Lipinski definition) is 3. The summed E-state index contributed by atoms with van der Waals surface area (Å²) in [6, 6.07) is 5.73. The minimum absolute atomic E-state index is 0.231. The van der Waals surface area contributed by atoms with Gasteiger partial charge in [-0.3, -0.25) is 5.32 Å². The van der Waals surface area contributed by atoms with Crippen LogP contribution < -0.4 is 15.4 Å². The number of hydrogen-bond acceptors (Lipinski definition) is 6.